The lowest BCUT2D eigenvalue weighted by Gasteiger charge is -2.33. The second kappa shape index (κ2) is 5.56. The summed E-state index contributed by atoms with van der Waals surface area (Å²) in [4.78, 5) is 27.6. The van der Waals surface area contributed by atoms with Crippen LogP contribution in [0.3, 0.4) is 0 Å². The fraction of sp³-hybridized carbons (Fsp3) is 0.467. The number of likely N-dealkylation sites (tertiary alicyclic amines) is 2. The molecule has 1 aromatic rings. The zero-order valence-corrected chi connectivity index (χ0v) is 12.6. The Bertz CT molecular complexity index is 557. The lowest BCUT2D eigenvalue weighted by Crippen LogP contribution is -2.51. The van der Waals surface area contributed by atoms with Crippen molar-refractivity contribution in [2.75, 3.05) is 20.1 Å². The van der Waals surface area contributed by atoms with E-state index in [9.17, 15) is 9.59 Å². The molecular weight excluding hydrogens is 290 g/mol. The number of benzene rings is 1. The monoisotopic (exact) mass is 307 g/mol. The van der Waals surface area contributed by atoms with Gasteiger partial charge in [-0.15, -0.1) is 0 Å². The standard InChI is InChI=1S/C15H18ClN3O2/c1-18-13(20)9-12(17-15(21)19-7-2-8-19)14(18)10-3-5-11(16)6-4-10/h3-6,12,14H,2,7-9H2,1H3,(H,17,21)/t12-,14+/m1/s1. The number of nitrogens with zero attached hydrogens (tertiary/aromatic N) is 2. The van der Waals surface area contributed by atoms with Crippen molar-refractivity contribution < 1.29 is 9.59 Å². The summed E-state index contributed by atoms with van der Waals surface area (Å²) in [6.45, 7) is 1.60. The van der Waals surface area contributed by atoms with E-state index in [1.54, 1.807) is 16.8 Å². The van der Waals surface area contributed by atoms with Crippen LogP contribution in [-0.4, -0.2) is 47.9 Å². The first-order valence-corrected chi connectivity index (χ1v) is 7.50. The molecule has 2 aliphatic heterocycles. The summed E-state index contributed by atoms with van der Waals surface area (Å²) in [5.41, 5.74) is 0.988. The Labute approximate surface area is 128 Å². The van der Waals surface area contributed by atoms with Crippen LogP contribution >= 0.6 is 11.6 Å². The van der Waals surface area contributed by atoms with Crippen molar-refractivity contribution >= 4 is 23.5 Å². The number of amides is 3. The van der Waals surface area contributed by atoms with E-state index in [2.05, 4.69) is 5.32 Å². The number of likely N-dealkylation sites (N-methyl/N-ethyl adjacent to an activating group) is 1. The molecule has 21 heavy (non-hydrogen) atoms. The Morgan fingerprint density at radius 3 is 2.52 bits per heavy atom. The van der Waals surface area contributed by atoms with Crippen molar-refractivity contribution in [2.45, 2.75) is 24.9 Å². The van der Waals surface area contributed by atoms with Gasteiger partial charge in [0.2, 0.25) is 5.91 Å². The zero-order valence-electron chi connectivity index (χ0n) is 11.9. The Hall–Kier alpha value is -1.75. The van der Waals surface area contributed by atoms with E-state index in [4.69, 9.17) is 11.6 Å². The molecule has 0 spiro atoms. The van der Waals surface area contributed by atoms with Crippen LogP contribution in [0.1, 0.15) is 24.4 Å². The van der Waals surface area contributed by atoms with Crippen molar-refractivity contribution in [2.24, 2.45) is 0 Å². The van der Waals surface area contributed by atoms with E-state index < -0.39 is 0 Å². The van der Waals surface area contributed by atoms with E-state index in [0.717, 1.165) is 25.1 Å². The van der Waals surface area contributed by atoms with E-state index >= 15 is 0 Å². The molecule has 0 saturated carbocycles. The molecule has 112 valence electrons. The van der Waals surface area contributed by atoms with Crippen LogP contribution in [0.2, 0.25) is 5.02 Å². The predicted molar refractivity (Wildman–Crippen MR) is 80.1 cm³/mol. The molecule has 3 rings (SSSR count). The molecule has 0 aromatic heterocycles. The molecule has 2 heterocycles. The van der Waals surface area contributed by atoms with Crippen molar-refractivity contribution in [3.8, 4) is 0 Å². The number of hydrogen-bond donors (Lipinski definition) is 1. The fourth-order valence-corrected chi connectivity index (χ4v) is 3.01. The third kappa shape index (κ3) is 2.70. The highest BCUT2D eigenvalue weighted by atomic mass is 35.5. The number of carbonyl (C=O) groups is 2. The van der Waals surface area contributed by atoms with Gasteiger partial charge in [-0.1, -0.05) is 23.7 Å². The van der Waals surface area contributed by atoms with Gasteiger partial charge in [-0.25, -0.2) is 4.79 Å². The molecule has 2 aliphatic rings. The maximum atomic E-state index is 12.1. The minimum absolute atomic E-state index is 0.0452. The first-order chi connectivity index (χ1) is 10.1. The molecule has 1 aromatic carbocycles. The molecular formula is C15H18ClN3O2. The van der Waals surface area contributed by atoms with E-state index in [0.29, 0.717) is 11.4 Å². The van der Waals surface area contributed by atoms with Crippen LogP contribution in [0.15, 0.2) is 24.3 Å². The normalized spacial score (nSPS) is 25.0. The summed E-state index contributed by atoms with van der Waals surface area (Å²) in [5, 5.41) is 3.66. The smallest absolute Gasteiger partial charge is 0.317 e. The molecule has 0 radical (unpaired) electrons. The molecule has 2 saturated heterocycles. The van der Waals surface area contributed by atoms with Gasteiger partial charge in [-0.05, 0) is 24.1 Å². The molecule has 1 N–H and O–H groups in total. The molecule has 0 bridgehead atoms. The SMILES string of the molecule is CN1C(=O)C[C@@H](NC(=O)N2CCC2)[C@@H]1c1ccc(Cl)cc1. The number of urea groups is 1. The molecule has 6 heteroatoms. The largest absolute Gasteiger partial charge is 0.337 e. The fourth-order valence-electron chi connectivity index (χ4n) is 2.88. The maximum Gasteiger partial charge on any atom is 0.317 e. The minimum atomic E-state index is -0.197. The molecule has 3 amide bonds. The summed E-state index contributed by atoms with van der Waals surface area (Å²) < 4.78 is 0. The van der Waals surface area contributed by atoms with Gasteiger partial charge in [-0.3, -0.25) is 4.79 Å². The molecule has 2 fully saturated rings. The van der Waals surface area contributed by atoms with Crippen LogP contribution in [0.5, 0.6) is 0 Å². The molecule has 0 aliphatic carbocycles. The van der Waals surface area contributed by atoms with Crippen LogP contribution in [0.25, 0.3) is 0 Å². The summed E-state index contributed by atoms with van der Waals surface area (Å²) in [6.07, 6.45) is 1.39. The number of hydrogen-bond acceptors (Lipinski definition) is 2. The van der Waals surface area contributed by atoms with Gasteiger partial charge in [0.15, 0.2) is 0 Å². The molecule has 0 unspecified atom stereocenters. The van der Waals surface area contributed by atoms with Gasteiger partial charge >= 0.3 is 6.03 Å². The Kier molecular flexibility index (Phi) is 3.76. The number of carbonyl (C=O) groups excluding carboxylic acids is 2. The highest BCUT2D eigenvalue weighted by Gasteiger charge is 2.40. The highest BCUT2D eigenvalue weighted by molar-refractivity contribution is 6.30. The van der Waals surface area contributed by atoms with E-state index in [1.807, 2.05) is 24.3 Å². The third-order valence-electron chi connectivity index (χ3n) is 4.25. The maximum absolute atomic E-state index is 12.1. The van der Waals surface area contributed by atoms with Crippen molar-refractivity contribution in [3.63, 3.8) is 0 Å². The van der Waals surface area contributed by atoms with Crippen LogP contribution in [0, 0.1) is 0 Å². The number of nitrogens with one attached hydrogen (secondary N) is 1. The summed E-state index contributed by atoms with van der Waals surface area (Å²) >= 11 is 5.92. The van der Waals surface area contributed by atoms with E-state index in [1.165, 1.54) is 0 Å². The van der Waals surface area contributed by atoms with E-state index in [-0.39, 0.29) is 24.0 Å². The Balaban J connectivity index is 1.78. The minimum Gasteiger partial charge on any atom is -0.337 e. The molecule has 5 nitrogen and oxygen atoms in total. The van der Waals surface area contributed by atoms with Gasteiger partial charge in [0.25, 0.3) is 0 Å². The third-order valence-corrected chi connectivity index (χ3v) is 4.50. The summed E-state index contributed by atoms with van der Waals surface area (Å²) in [7, 11) is 1.78. The highest BCUT2D eigenvalue weighted by Crippen LogP contribution is 2.32. The molecule has 2 atom stereocenters. The van der Waals surface area contributed by atoms with Gasteiger partial charge in [0.1, 0.15) is 0 Å². The lowest BCUT2D eigenvalue weighted by atomic mass is 10.0. The van der Waals surface area contributed by atoms with Gasteiger partial charge in [0.05, 0.1) is 12.1 Å². The second-order valence-electron chi connectivity index (χ2n) is 5.60. The van der Waals surface area contributed by atoms with Crippen LogP contribution in [0.4, 0.5) is 4.79 Å². The van der Waals surface area contributed by atoms with Crippen molar-refractivity contribution in [1.82, 2.24) is 15.1 Å². The number of halogens is 1. The quantitative estimate of drug-likeness (QED) is 0.909. The second-order valence-corrected chi connectivity index (χ2v) is 6.04. The average molecular weight is 308 g/mol. The Morgan fingerprint density at radius 2 is 1.95 bits per heavy atom. The topological polar surface area (TPSA) is 52.7 Å². The van der Waals surface area contributed by atoms with Crippen molar-refractivity contribution in [1.29, 1.82) is 0 Å². The average Bonchev–Trinajstić information content (AvgIpc) is 2.64. The predicted octanol–water partition coefficient (Wildman–Crippen LogP) is 2.03. The van der Waals surface area contributed by atoms with Crippen molar-refractivity contribution in [3.05, 3.63) is 34.9 Å². The van der Waals surface area contributed by atoms with Crippen LogP contribution < -0.4 is 5.32 Å². The van der Waals surface area contributed by atoms with Gasteiger partial charge < -0.3 is 15.1 Å². The van der Waals surface area contributed by atoms with Gasteiger partial charge in [-0.2, -0.15) is 0 Å². The summed E-state index contributed by atoms with van der Waals surface area (Å²) in [5.74, 6) is 0.0452. The summed E-state index contributed by atoms with van der Waals surface area (Å²) in [6, 6.07) is 7.02. The Morgan fingerprint density at radius 1 is 1.29 bits per heavy atom. The first-order valence-electron chi connectivity index (χ1n) is 7.13. The lowest BCUT2D eigenvalue weighted by molar-refractivity contribution is -0.127. The zero-order chi connectivity index (χ0) is 15.0. The number of rotatable bonds is 2. The van der Waals surface area contributed by atoms with Crippen LogP contribution in [-0.2, 0) is 4.79 Å². The first kappa shape index (κ1) is 14.2. The van der Waals surface area contributed by atoms with Gasteiger partial charge in [0, 0.05) is 31.6 Å².